The van der Waals surface area contributed by atoms with Crippen LogP contribution < -0.4 is 5.32 Å². The lowest BCUT2D eigenvalue weighted by molar-refractivity contribution is -0.114. The van der Waals surface area contributed by atoms with Gasteiger partial charge in [0.05, 0.1) is 22.8 Å². The first kappa shape index (κ1) is 20.6. The first-order valence-corrected chi connectivity index (χ1v) is 11.4. The van der Waals surface area contributed by atoms with Crippen molar-refractivity contribution in [3.8, 4) is 11.1 Å². The Kier molecular flexibility index (Phi) is 5.64. The zero-order valence-corrected chi connectivity index (χ0v) is 17.9. The summed E-state index contributed by atoms with van der Waals surface area (Å²) in [4.78, 5) is 11.4. The molecule has 2 N–H and O–H groups in total. The average Bonchev–Trinajstić information content (AvgIpc) is 3.37. The van der Waals surface area contributed by atoms with Gasteiger partial charge in [0.25, 0.3) is 0 Å². The number of aromatic amines is 1. The van der Waals surface area contributed by atoms with Gasteiger partial charge in [-0.25, -0.2) is 8.42 Å². The summed E-state index contributed by atoms with van der Waals surface area (Å²) < 4.78 is 28.2. The Hall–Kier alpha value is -2.68. The molecule has 2 aromatic carbocycles. The van der Waals surface area contributed by atoms with Crippen LogP contribution in [0.5, 0.6) is 0 Å². The van der Waals surface area contributed by atoms with E-state index in [-0.39, 0.29) is 16.8 Å². The number of rotatable bonds is 5. The molecule has 4 rings (SSSR count). The highest BCUT2D eigenvalue weighted by Crippen LogP contribution is 2.40. The Morgan fingerprint density at radius 3 is 2.70 bits per heavy atom. The molecule has 0 aliphatic carbocycles. The van der Waals surface area contributed by atoms with Crippen molar-refractivity contribution in [3.05, 3.63) is 65.4 Å². The van der Waals surface area contributed by atoms with E-state index in [0.717, 1.165) is 23.2 Å². The number of benzene rings is 2. The fourth-order valence-corrected chi connectivity index (χ4v) is 5.66. The lowest BCUT2D eigenvalue weighted by Crippen LogP contribution is -2.31. The molecule has 1 unspecified atom stereocenters. The number of H-pyrrole nitrogens is 1. The van der Waals surface area contributed by atoms with Crippen molar-refractivity contribution in [1.82, 2.24) is 14.5 Å². The summed E-state index contributed by atoms with van der Waals surface area (Å²) >= 11 is 6.14. The van der Waals surface area contributed by atoms with E-state index in [9.17, 15) is 13.2 Å². The molecule has 3 aromatic rings. The van der Waals surface area contributed by atoms with Crippen LogP contribution in [0.3, 0.4) is 0 Å². The van der Waals surface area contributed by atoms with Crippen LogP contribution in [0.2, 0.25) is 5.02 Å². The molecule has 1 fully saturated rings. The molecule has 1 atom stereocenters. The fourth-order valence-electron chi connectivity index (χ4n) is 3.80. The quantitative estimate of drug-likeness (QED) is 0.616. The van der Waals surface area contributed by atoms with Crippen LogP contribution in [0.1, 0.15) is 31.5 Å². The predicted molar refractivity (Wildman–Crippen MR) is 116 cm³/mol. The fraction of sp³-hybridized carbons (Fsp3) is 0.238. The van der Waals surface area contributed by atoms with Crippen molar-refractivity contribution in [3.63, 3.8) is 0 Å². The van der Waals surface area contributed by atoms with E-state index in [4.69, 9.17) is 11.6 Å². The molecule has 1 aliphatic rings. The minimum absolute atomic E-state index is 0.187. The number of amides is 1. The molecule has 2 heterocycles. The lowest BCUT2D eigenvalue weighted by Gasteiger charge is -2.24. The molecule has 156 valence electrons. The van der Waals surface area contributed by atoms with E-state index in [1.54, 1.807) is 24.4 Å². The van der Waals surface area contributed by atoms with Gasteiger partial charge >= 0.3 is 0 Å². The van der Waals surface area contributed by atoms with Gasteiger partial charge in [-0.3, -0.25) is 9.89 Å². The SMILES string of the molecule is CC(=O)Nc1ccc(S(=O)(=O)N2CCCC2c2[nH]ncc2-c2cccc(Cl)c2)cc1. The maximum atomic E-state index is 13.4. The topological polar surface area (TPSA) is 95.2 Å². The van der Waals surface area contributed by atoms with E-state index < -0.39 is 10.0 Å². The summed E-state index contributed by atoms with van der Waals surface area (Å²) in [5, 5.41) is 10.4. The monoisotopic (exact) mass is 444 g/mol. The molecule has 7 nitrogen and oxygen atoms in total. The number of anilines is 1. The Bertz CT molecular complexity index is 1170. The normalized spacial score (nSPS) is 17.2. The highest BCUT2D eigenvalue weighted by atomic mass is 35.5. The van der Waals surface area contributed by atoms with E-state index >= 15 is 0 Å². The predicted octanol–water partition coefficient (Wildman–Crippen LogP) is 4.21. The van der Waals surface area contributed by atoms with Gasteiger partial charge in [0.15, 0.2) is 0 Å². The summed E-state index contributed by atoms with van der Waals surface area (Å²) in [6.45, 7) is 1.83. The Morgan fingerprint density at radius 1 is 1.23 bits per heavy atom. The van der Waals surface area contributed by atoms with E-state index in [1.807, 2.05) is 18.2 Å². The standard InChI is InChI=1S/C21H21ClN4O3S/c1-14(27)24-17-7-9-18(10-8-17)30(28,29)26-11-3-6-20(26)21-19(13-23-25-21)15-4-2-5-16(22)12-15/h2,4-5,7-10,12-13,20H,3,6,11H2,1H3,(H,23,25)(H,24,27). The van der Waals surface area contributed by atoms with Crippen molar-refractivity contribution in [1.29, 1.82) is 0 Å². The summed E-state index contributed by atoms with van der Waals surface area (Å²) in [5.41, 5.74) is 3.03. The lowest BCUT2D eigenvalue weighted by atomic mass is 10.0. The molecule has 30 heavy (non-hydrogen) atoms. The van der Waals surface area contributed by atoms with Crippen LogP contribution in [0, 0.1) is 0 Å². The van der Waals surface area contributed by atoms with Gasteiger partial charge < -0.3 is 5.32 Å². The number of nitrogens with one attached hydrogen (secondary N) is 2. The summed E-state index contributed by atoms with van der Waals surface area (Å²) in [7, 11) is -3.72. The highest BCUT2D eigenvalue weighted by Gasteiger charge is 2.38. The zero-order chi connectivity index (χ0) is 21.3. The van der Waals surface area contributed by atoms with Crippen molar-refractivity contribution in [2.45, 2.75) is 30.7 Å². The summed E-state index contributed by atoms with van der Waals surface area (Å²) in [5.74, 6) is -0.210. The van der Waals surface area contributed by atoms with Gasteiger partial charge in [-0.2, -0.15) is 9.40 Å². The van der Waals surface area contributed by atoms with Gasteiger partial charge in [-0.1, -0.05) is 23.7 Å². The van der Waals surface area contributed by atoms with Crippen molar-refractivity contribution >= 4 is 33.2 Å². The number of nitrogens with zero attached hydrogens (tertiary/aromatic N) is 2. The smallest absolute Gasteiger partial charge is 0.243 e. The van der Waals surface area contributed by atoms with Crippen LogP contribution in [-0.4, -0.2) is 35.4 Å². The maximum absolute atomic E-state index is 13.4. The van der Waals surface area contributed by atoms with E-state index in [2.05, 4.69) is 15.5 Å². The summed E-state index contributed by atoms with van der Waals surface area (Å²) in [6, 6.07) is 13.3. The van der Waals surface area contributed by atoms with Gasteiger partial charge in [0, 0.05) is 29.7 Å². The second-order valence-corrected chi connectivity index (χ2v) is 9.51. The Morgan fingerprint density at radius 2 is 2.00 bits per heavy atom. The Labute approximate surface area is 180 Å². The molecular weight excluding hydrogens is 424 g/mol. The van der Waals surface area contributed by atoms with Crippen LogP contribution in [0.25, 0.3) is 11.1 Å². The first-order valence-electron chi connectivity index (χ1n) is 9.55. The zero-order valence-electron chi connectivity index (χ0n) is 16.3. The number of halogens is 1. The number of carbonyl (C=O) groups is 1. The van der Waals surface area contributed by atoms with E-state index in [1.165, 1.54) is 23.4 Å². The van der Waals surface area contributed by atoms with Crippen LogP contribution in [0.4, 0.5) is 5.69 Å². The Balaban J connectivity index is 1.66. The van der Waals surface area contributed by atoms with Gasteiger partial charge in [0.1, 0.15) is 0 Å². The van der Waals surface area contributed by atoms with Crippen LogP contribution in [-0.2, 0) is 14.8 Å². The average molecular weight is 445 g/mol. The molecule has 0 spiro atoms. The van der Waals surface area contributed by atoms with Crippen molar-refractivity contribution < 1.29 is 13.2 Å². The highest BCUT2D eigenvalue weighted by molar-refractivity contribution is 7.89. The third-order valence-electron chi connectivity index (χ3n) is 5.12. The van der Waals surface area contributed by atoms with Gasteiger partial charge in [0.2, 0.25) is 15.9 Å². The molecule has 1 aliphatic heterocycles. The molecule has 1 amide bonds. The summed E-state index contributed by atoms with van der Waals surface area (Å²) in [6.07, 6.45) is 3.15. The number of sulfonamides is 1. The maximum Gasteiger partial charge on any atom is 0.243 e. The largest absolute Gasteiger partial charge is 0.326 e. The number of aromatic nitrogens is 2. The molecule has 0 saturated carbocycles. The second kappa shape index (κ2) is 8.22. The number of hydrogen-bond acceptors (Lipinski definition) is 4. The molecule has 9 heteroatoms. The third-order valence-corrected chi connectivity index (χ3v) is 7.28. The van der Waals surface area contributed by atoms with Crippen molar-refractivity contribution in [2.24, 2.45) is 0 Å². The van der Waals surface area contributed by atoms with Gasteiger partial charge in [-0.05, 0) is 54.8 Å². The van der Waals surface area contributed by atoms with Crippen molar-refractivity contribution in [2.75, 3.05) is 11.9 Å². The van der Waals surface area contributed by atoms with Gasteiger partial charge in [-0.15, -0.1) is 0 Å². The number of hydrogen-bond donors (Lipinski definition) is 2. The van der Waals surface area contributed by atoms with E-state index in [0.29, 0.717) is 23.7 Å². The molecule has 0 radical (unpaired) electrons. The third kappa shape index (κ3) is 3.98. The molecule has 0 bridgehead atoms. The second-order valence-electron chi connectivity index (χ2n) is 7.19. The first-order chi connectivity index (χ1) is 14.4. The minimum atomic E-state index is -3.72. The number of carbonyl (C=O) groups excluding carboxylic acids is 1. The molecule has 1 saturated heterocycles. The molecule has 1 aromatic heterocycles. The molecular formula is C21H21ClN4O3S. The minimum Gasteiger partial charge on any atom is -0.326 e. The van der Waals surface area contributed by atoms with Crippen LogP contribution in [0.15, 0.2) is 59.6 Å². The van der Waals surface area contributed by atoms with Crippen LogP contribution >= 0.6 is 11.6 Å².